The minimum Gasteiger partial charge on any atom is -0.489 e. The monoisotopic (exact) mass is 546 g/mol. The number of para-hydroxylation sites is 1. The number of halogens is 2. The summed E-state index contributed by atoms with van der Waals surface area (Å²) in [6, 6.07) is 18.1. The Morgan fingerprint density at radius 1 is 1.00 bits per heavy atom. The molecule has 0 unspecified atom stereocenters. The van der Waals surface area contributed by atoms with E-state index in [1.54, 1.807) is 23.1 Å². The van der Waals surface area contributed by atoms with Crippen LogP contribution in [0.2, 0.25) is 0 Å². The van der Waals surface area contributed by atoms with Crippen LogP contribution in [0.15, 0.2) is 73.3 Å². The number of hydrogen-bond donors (Lipinski definition) is 0. The molecule has 2 heterocycles. The predicted molar refractivity (Wildman–Crippen MR) is 128 cm³/mol. The standard InChI is InChI=1S/C22H16FIN4O2S/c23-15-6-7-20-18(10-15)19-11-17(30-16-4-2-1-3-5-16)12-21(22(19)28(20)31-24)29-9-8-27-14-25-13-26-27/h1-7,10-14H,8-9H2. The normalized spacial score (nSPS) is 11.3. The lowest BCUT2D eigenvalue weighted by atomic mass is 10.1. The van der Waals surface area contributed by atoms with Gasteiger partial charge in [-0.15, -0.1) is 0 Å². The molecule has 9 heteroatoms. The number of hydrogen-bond acceptors (Lipinski definition) is 5. The molecule has 0 atom stereocenters. The van der Waals surface area contributed by atoms with Crippen molar-refractivity contribution in [2.75, 3.05) is 6.61 Å². The van der Waals surface area contributed by atoms with Crippen LogP contribution < -0.4 is 9.47 Å². The summed E-state index contributed by atoms with van der Waals surface area (Å²) in [5, 5.41) is 5.78. The maximum atomic E-state index is 14.1. The quantitative estimate of drug-likeness (QED) is 0.226. The fourth-order valence-electron chi connectivity index (χ4n) is 3.48. The van der Waals surface area contributed by atoms with Crippen LogP contribution in [0.1, 0.15) is 0 Å². The van der Waals surface area contributed by atoms with Crippen molar-refractivity contribution in [3.63, 3.8) is 0 Å². The van der Waals surface area contributed by atoms with E-state index in [2.05, 4.69) is 31.3 Å². The molecule has 156 valence electrons. The summed E-state index contributed by atoms with van der Waals surface area (Å²) >= 11 is 2.22. The summed E-state index contributed by atoms with van der Waals surface area (Å²) in [4.78, 5) is 3.96. The number of fused-ring (bicyclic) bond motifs is 3. The van der Waals surface area contributed by atoms with Gasteiger partial charge >= 0.3 is 0 Å². The lowest BCUT2D eigenvalue weighted by Gasteiger charge is -2.13. The fraction of sp³-hybridized carbons (Fsp3) is 0.0909. The summed E-state index contributed by atoms with van der Waals surface area (Å²) in [5.74, 6) is 1.71. The molecule has 5 rings (SSSR count). The number of ether oxygens (including phenoxy) is 2. The molecule has 31 heavy (non-hydrogen) atoms. The maximum absolute atomic E-state index is 14.1. The molecule has 0 aliphatic rings. The van der Waals surface area contributed by atoms with Crippen LogP contribution in [0.4, 0.5) is 4.39 Å². The van der Waals surface area contributed by atoms with Crippen LogP contribution in [-0.2, 0) is 6.54 Å². The summed E-state index contributed by atoms with van der Waals surface area (Å²) in [7, 11) is 1.51. The van der Waals surface area contributed by atoms with E-state index in [0.717, 1.165) is 21.8 Å². The van der Waals surface area contributed by atoms with Crippen LogP contribution in [0.25, 0.3) is 21.8 Å². The Balaban J connectivity index is 1.62. The molecule has 0 bridgehead atoms. The Labute approximate surface area is 193 Å². The first kappa shape index (κ1) is 20.1. The first-order valence-corrected chi connectivity index (χ1v) is 12.8. The van der Waals surface area contributed by atoms with Crippen molar-refractivity contribution in [2.24, 2.45) is 0 Å². The molecule has 0 N–H and O–H groups in total. The molecule has 0 radical (unpaired) electrons. The number of nitrogens with zero attached hydrogens (tertiary/aromatic N) is 4. The van der Waals surface area contributed by atoms with Gasteiger partial charge in [0.25, 0.3) is 0 Å². The average molecular weight is 546 g/mol. The van der Waals surface area contributed by atoms with Gasteiger partial charge in [-0.2, -0.15) is 5.10 Å². The molecule has 0 amide bonds. The molecule has 0 fully saturated rings. The second-order valence-corrected chi connectivity index (χ2v) is 8.45. The summed E-state index contributed by atoms with van der Waals surface area (Å²) in [6.07, 6.45) is 3.14. The molecular formula is C22H16FIN4O2S. The lowest BCUT2D eigenvalue weighted by Crippen LogP contribution is -2.09. The molecule has 0 spiro atoms. The molecule has 3 aromatic carbocycles. The number of aromatic nitrogens is 4. The van der Waals surface area contributed by atoms with Gasteiger partial charge in [-0.25, -0.2) is 14.1 Å². The predicted octanol–water partition coefficient (Wildman–Crippen LogP) is 6.24. The minimum absolute atomic E-state index is 0.284. The number of rotatable bonds is 7. The van der Waals surface area contributed by atoms with Crippen molar-refractivity contribution in [3.05, 3.63) is 79.1 Å². The summed E-state index contributed by atoms with van der Waals surface area (Å²) in [6.45, 7) is 0.951. The zero-order chi connectivity index (χ0) is 21.2. The first-order valence-electron chi connectivity index (χ1n) is 9.48. The van der Waals surface area contributed by atoms with E-state index in [0.29, 0.717) is 30.4 Å². The van der Waals surface area contributed by atoms with Crippen molar-refractivity contribution >= 4 is 52.1 Å². The highest BCUT2D eigenvalue weighted by Gasteiger charge is 2.18. The van der Waals surface area contributed by atoms with Crippen LogP contribution in [-0.4, -0.2) is 25.3 Å². The third-order valence-electron chi connectivity index (χ3n) is 4.81. The van der Waals surface area contributed by atoms with Crippen LogP contribution >= 0.6 is 30.3 Å². The largest absolute Gasteiger partial charge is 0.489 e. The van der Waals surface area contributed by atoms with E-state index < -0.39 is 0 Å². The van der Waals surface area contributed by atoms with Gasteiger partial charge in [0, 0.05) is 47.2 Å². The van der Waals surface area contributed by atoms with Gasteiger partial charge < -0.3 is 9.47 Å². The van der Waals surface area contributed by atoms with E-state index >= 15 is 0 Å². The van der Waals surface area contributed by atoms with Gasteiger partial charge in [0.15, 0.2) is 0 Å². The lowest BCUT2D eigenvalue weighted by molar-refractivity contribution is 0.292. The Bertz CT molecular complexity index is 1340. The second-order valence-electron chi connectivity index (χ2n) is 6.76. The fourth-order valence-corrected chi connectivity index (χ4v) is 5.20. The Morgan fingerprint density at radius 2 is 1.87 bits per heavy atom. The van der Waals surface area contributed by atoms with Crippen LogP contribution in [0, 0.1) is 5.82 Å². The highest BCUT2D eigenvalue weighted by atomic mass is 127. The Hall–Kier alpha value is -2.79. The van der Waals surface area contributed by atoms with E-state index in [-0.39, 0.29) is 5.82 Å². The minimum atomic E-state index is -0.284. The Kier molecular flexibility index (Phi) is 5.68. The average Bonchev–Trinajstić information content (AvgIpc) is 3.40. The SMILES string of the molecule is Fc1ccc2c(c1)c1cc(Oc3ccccc3)cc(OCCn3cncn3)c1n2SI. The third-order valence-corrected chi connectivity index (χ3v) is 6.51. The highest BCUT2D eigenvalue weighted by Crippen LogP contribution is 2.42. The highest BCUT2D eigenvalue weighted by molar-refractivity contribution is 14.2. The van der Waals surface area contributed by atoms with Crippen LogP contribution in [0.5, 0.6) is 17.2 Å². The van der Waals surface area contributed by atoms with Crippen molar-refractivity contribution < 1.29 is 13.9 Å². The van der Waals surface area contributed by atoms with Crippen LogP contribution in [0.3, 0.4) is 0 Å². The third kappa shape index (κ3) is 4.07. The van der Waals surface area contributed by atoms with Crippen molar-refractivity contribution in [2.45, 2.75) is 6.54 Å². The molecule has 6 nitrogen and oxygen atoms in total. The van der Waals surface area contributed by atoms with E-state index in [4.69, 9.17) is 9.47 Å². The van der Waals surface area contributed by atoms with Gasteiger partial charge in [-0.3, -0.25) is 3.97 Å². The van der Waals surface area contributed by atoms with Crippen molar-refractivity contribution in [3.8, 4) is 17.2 Å². The van der Waals surface area contributed by atoms with Gasteiger partial charge in [-0.1, -0.05) is 18.2 Å². The van der Waals surface area contributed by atoms with E-state index in [9.17, 15) is 4.39 Å². The molecule has 0 saturated heterocycles. The first-order chi connectivity index (χ1) is 15.2. The zero-order valence-corrected chi connectivity index (χ0v) is 19.1. The van der Waals surface area contributed by atoms with E-state index in [1.807, 2.05) is 46.4 Å². The van der Waals surface area contributed by atoms with E-state index in [1.165, 1.54) is 21.5 Å². The topological polar surface area (TPSA) is 54.1 Å². The molecule has 0 aliphatic carbocycles. The second kappa shape index (κ2) is 8.75. The van der Waals surface area contributed by atoms with Gasteiger partial charge in [0.2, 0.25) is 0 Å². The smallest absolute Gasteiger partial charge is 0.148 e. The maximum Gasteiger partial charge on any atom is 0.148 e. The zero-order valence-electron chi connectivity index (χ0n) is 16.1. The Morgan fingerprint density at radius 3 is 2.65 bits per heavy atom. The molecular weight excluding hydrogens is 530 g/mol. The van der Waals surface area contributed by atoms with Gasteiger partial charge in [-0.05, 0) is 36.4 Å². The number of benzene rings is 3. The summed E-state index contributed by atoms with van der Waals surface area (Å²) < 4.78 is 30.1. The van der Waals surface area contributed by atoms with Crippen molar-refractivity contribution in [1.29, 1.82) is 0 Å². The summed E-state index contributed by atoms with van der Waals surface area (Å²) in [5.41, 5.74) is 1.78. The molecule has 0 saturated carbocycles. The van der Waals surface area contributed by atoms with Crippen molar-refractivity contribution in [1.82, 2.24) is 18.7 Å². The molecule has 2 aromatic heterocycles. The molecule has 0 aliphatic heterocycles. The van der Waals surface area contributed by atoms with Gasteiger partial charge in [0.1, 0.15) is 47.8 Å². The van der Waals surface area contributed by atoms with Gasteiger partial charge in [0.05, 0.1) is 12.1 Å². The molecule has 5 aromatic rings.